The van der Waals surface area contributed by atoms with E-state index in [2.05, 4.69) is 15.5 Å². The van der Waals surface area contributed by atoms with Crippen molar-refractivity contribution in [2.24, 2.45) is 0 Å². The van der Waals surface area contributed by atoms with Crippen molar-refractivity contribution in [1.29, 1.82) is 0 Å². The van der Waals surface area contributed by atoms with Crippen LogP contribution in [0.4, 0.5) is 0 Å². The van der Waals surface area contributed by atoms with Crippen molar-refractivity contribution in [3.63, 3.8) is 0 Å². The predicted molar refractivity (Wildman–Crippen MR) is 103 cm³/mol. The molecule has 0 saturated carbocycles. The van der Waals surface area contributed by atoms with Gasteiger partial charge in [0.05, 0.1) is 18.4 Å². The van der Waals surface area contributed by atoms with Gasteiger partial charge in [0.1, 0.15) is 0 Å². The first-order valence-electron chi connectivity index (χ1n) is 8.38. The van der Waals surface area contributed by atoms with E-state index in [0.717, 1.165) is 16.7 Å². The Morgan fingerprint density at radius 3 is 2.19 bits per heavy atom. The molecule has 0 fully saturated rings. The van der Waals surface area contributed by atoms with Gasteiger partial charge in [-0.1, -0.05) is 24.3 Å². The number of hydrogen-bond donors (Lipinski definition) is 1. The van der Waals surface area contributed by atoms with E-state index in [1.54, 1.807) is 24.3 Å². The maximum Gasteiger partial charge on any atom is 0.337 e. The minimum atomic E-state index is -3.53. The molecular formula is C20H25NO4S. The first-order valence-corrected chi connectivity index (χ1v) is 10.0. The molecule has 140 valence electrons. The Morgan fingerprint density at radius 2 is 1.62 bits per heavy atom. The highest BCUT2D eigenvalue weighted by Crippen LogP contribution is 2.22. The van der Waals surface area contributed by atoms with Crippen molar-refractivity contribution in [3.05, 3.63) is 69.8 Å². The fourth-order valence-corrected chi connectivity index (χ4v) is 4.28. The SMILES string of the molecule is COC(=O)c1ccc(CS(=O)(=O)N[C@@H](C)c2cc(C)c(C)cc2C)cc1. The van der Waals surface area contributed by atoms with Crippen molar-refractivity contribution in [1.82, 2.24) is 4.72 Å². The summed E-state index contributed by atoms with van der Waals surface area (Å²) in [6.07, 6.45) is 0. The monoisotopic (exact) mass is 375 g/mol. The number of rotatable bonds is 6. The summed E-state index contributed by atoms with van der Waals surface area (Å²) in [7, 11) is -2.22. The van der Waals surface area contributed by atoms with Crippen LogP contribution in [0.1, 0.15) is 51.1 Å². The Bertz CT molecular complexity index is 902. The Kier molecular flexibility index (Phi) is 6.21. The molecule has 0 aliphatic carbocycles. The quantitative estimate of drug-likeness (QED) is 0.783. The fourth-order valence-electron chi connectivity index (χ4n) is 2.90. The smallest absolute Gasteiger partial charge is 0.337 e. The molecular weight excluding hydrogens is 350 g/mol. The average Bonchev–Trinajstić information content (AvgIpc) is 2.57. The highest BCUT2D eigenvalue weighted by molar-refractivity contribution is 7.88. The first-order chi connectivity index (χ1) is 12.1. The van der Waals surface area contributed by atoms with E-state index < -0.39 is 16.0 Å². The molecule has 0 spiro atoms. The molecule has 0 aliphatic rings. The third-order valence-corrected chi connectivity index (χ3v) is 5.86. The van der Waals surface area contributed by atoms with Crippen LogP contribution in [-0.4, -0.2) is 21.5 Å². The highest BCUT2D eigenvalue weighted by atomic mass is 32.2. The predicted octanol–water partition coefficient (Wildman–Crippen LogP) is 3.58. The normalized spacial score (nSPS) is 12.7. The summed E-state index contributed by atoms with van der Waals surface area (Å²) in [5.41, 5.74) is 5.35. The number of aryl methyl sites for hydroxylation is 3. The van der Waals surface area contributed by atoms with Gasteiger partial charge < -0.3 is 4.74 Å². The van der Waals surface area contributed by atoms with E-state index in [4.69, 9.17) is 0 Å². The Labute approximate surface area is 155 Å². The lowest BCUT2D eigenvalue weighted by Crippen LogP contribution is -2.28. The molecule has 1 N–H and O–H groups in total. The third kappa shape index (κ3) is 4.93. The zero-order chi connectivity index (χ0) is 19.5. The van der Waals surface area contributed by atoms with Gasteiger partial charge in [-0.2, -0.15) is 0 Å². The van der Waals surface area contributed by atoms with Gasteiger partial charge in [-0.3, -0.25) is 0 Å². The van der Waals surface area contributed by atoms with Gasteiger partial charge in [0.2, 0.25) is 10.0 Å². The fraction of sp³-hybridized carbons (Fsp3) is 0.350. The number of ether oxygens (including phenoxy) is 1. The van der Waals surface area contributed by atoms with Crippen molar-refractivity contribution < 1.29 is 17.9 Å². The molecule has 0 unspecified atom stereocenters. The Hall–Kier alpha value is -2.18. The molecule has 5 nitrogen and oxygen atoms in total. The molecule has 0 aliphatic heterocycles. The summed E-state index contributed by atoms with van der Waals surface area (Å²) in [5.74, 6) is -0.598. The molecule has 0 aromatic heterocycles. The molecule has 0 radical (unpaired) electrons. The number of esters is 1. The zero-order valence-electron chi connectivity index (χ0n) is 15.8. The Balaban J connectivity index is 2.13. The van der Waals surface area contributed by atoms with Gasteiger partial charge in [0.25, 0.3) is 0 Å². The minimum absolute atomic E-state index is 0.150. The van der Waals surface area contributed by atoms with Gasteiger partial charge in [0.15, 0.2) is 0 Å². The van der Waals surface area contributed by atoms with Gasteiger partial charge >= 0.3 is 5.97 Å². The number of methoxy groups -OCH3 is 1. The second kappa shape index (κ2) is 8.01. The van der Waals surface area contributed by atoms with E-state index in [9.17, 15) is 13.2 Å². The van der Waals surface area contributed by atoms with Crippen LogP contribution in [-0.2, 0) is 20.5 Å². The van der Waals surface area contributed by atoms with Crippen LogP contribution in [0.25, 0.3) is 0 Å². The van der Waals surface area contributed by atoms with Crippen LogP contribution in [0, 0.1) is 20.8 Å². The summed E-state index contributed by atoms with van der Waals surface area (Å²) < 4.78 is 32.4. The highest BCUT2D eigenvalue weighted by Gasteiger charge is 2.18. The molecule has 0 bridgehead atoms. The zero-order valence-corrected chi connectivity index (χ0v) is 16.6. The van der Waals surface area contributed by atoms with E-state index in [1.807, 2.05) is 33.8 Å². The van der Waals surface area contributed by atoms with E-state index in [0.29, 0.717) is 11.1 Å². The number of nitrogens with one attached hydrogen (secondary N) is 1. The number of benzene rings is 2. The van der Waals surface area contributed by atoms with E-state index in [1.165, 1.54) is 12.7 Å². The van der Waals surface area contributed by atoms with Crippen LogP contribution in [0.15, 0.2) is 36.4 Å². The Morgan fingerprint density at radius 1 is 1.04 bits per heavy atom. The average molecular weight is 375 g/mol. The molecule has 6 heteroatoms. The summed E-state index contributed by atoms with van der Waals surface area (Å²) in [5, 5.41) is 0. The van der Waals surface area contributed by atoms with Crippen LogP contribution in [0.3, 0.4) is 0 Å². The largest absolute Gasteiger partial charge is 0.465 e. The van der Waals surface area contributed by atoms with Gasteiger partial charge in [-0.05, 0) is 67.6 Å². The third-order valence-electron chi connectivity index (χ3n) is 4.44. The van der Waals surface area contributed by atoms with Crippen LogP contribution in [0.2, 0.25) is 0 Å². The second-order valence-corrected chi connectivity index (χ2v) is 8.33. The topological polar surface area (TPSA) is 72.5 Å². The second-order valence-electron chi connectivity index (χ2n) is 6.58. The summed E-state index contributed by atoms with van der Waals surface area (Å²) in [6.45, 7) is 7.88. The van der Waals surface area contributed by atoms with Crippen molar-refractivity contribution in [2.75, 3.05) is 7.11 Å². The lowest BCUT2D eigenvalue weighted by molar-refractivity contribution is 0.0600. The molecule has 1 atom stereocenters. The van der Waals surface area contributed by atoms with Gasteiger partial charge in [0, 0.05) is 6.04 Å². The summed E-state index contributed by atoms with van der Waals surface area (Å²) in [4.78, 5) is 11.4. The lowest BCUT2D eigenvalue weighted by atomic mass is 9.97. The maximum atomic E-state index is 12.5. The van der Waals surface area contributed by atoms with E-state index >= 15 is 0 Å². The van der Waals surface area contributed by atoms with Gasteiger partial charge in [-0.15, -0.1) is 0 Å². The molecule has 0 heterocycles. The first kappa shape index (κ1) is 20.1. The van der Waals surface area contributed by atoms with Crippen LogP contribution in [0.5, 0.6) is 0 Å². The molecule has 2 rings (SSSR count). The molecule has 0 saturated heterocycles. The van der Waals surface area contributed by atoms with Crippen molar-refractivity contribution in [3.8, 4) is 0 Å². The van der Waals surface area contributed by atoms with Crippen LogP contribution < -0.4 is 4.72 Å². The molecule has 2 aromatic rings. The number of hydrogen-bond acceptors (Lipinski definition) is 4. The van der Waals surface area contributed by atoms with Crippen molar-refractivity contribution >= 4 is 16.0 Å². The summed E-state index contributed by atoms with van der Waals surface area (Å²) in [6, 6.07) is 10.1. The van der Waals surface area contributed by atoms with Gasteiger partial charge in [-0.25, -0.2) is 17.9 Å². The summed E-state index contributed by atoms with van der Waals surface area (Å²) >= 11 is 0. The minimum Gasteiger partial charge on any atom is -0.465 e. The standard InChI is InChI=1S/C20H25NO4S/c1-13-10-15(3)19(11-14(13)2)16(4)21-26(23,24)12-17-6-8-18(9-7-17)20(22)25-5/h6-11,16,21H,12H2,1-5H3/t16-/m0/s1. The number of carbonyl (C=O) groups is 1. The lowest BCUT2D eigenvalue weighted by Gasteiger charge is -2.18. The number of sulfonamides is 1. The maximum absolute atomic E-state index is 12.5. The number of carbonyl (C=O) groups excluding carboxylic acids is 1. The van der Waals surface area contributed by atoms with Crippen LogP contribution >= 0.6 is 0 Å². The molecule has 0 amide bonds. The molecule has 26 heavy (non-hydrogen) atoms. The van der Waals surface area contributed by atoms with E-state index in [-0.39, 0.29) is 11.8 Å². The molecule has 2 aromatic carbocycles. The van der Waals surface area contributed by atoms with Crippen molar-refractivity contribution in [2.45, 2.75) is 39.5 Å².